The Labute approximate surface area is 188 Å². The maximum atomic E-state index is 12.7. The van der Waals surface area contributed by atoms with Crippen molar-refractivity contribution in [2.75, 3.05) is 13.0 Å². The van der Waals surface area contributed by atoms with Gasteiger partial charge in [0.2, 0.25) is 11.1 Å². The Morgan fingerprint density at radius 1 is 1.17 bits per heavy atom. The summed E-state index contributed by atoms with van der Waals surface area (Å²) >= 11 is 13.4. The molecule has 3 N–H and O–H groups in total. The number of aromatic nitrogens is 3. The third-order valence-corrected chi connectivity index (χ3v) is 6.07. The van der Waals surface area contributed by atoms with Gasteiger partial charge in [-0.3, -0.25) is 4.79 Å². The molecule has 0 aliphatic carbocycles. The molecule has 1 amide bonds. The SMILES string of the molecule is COc1ccc(-c2nnc(S[C@H](C)C(=O)N[C@@H](C)c3ccc(Cl)cc3Cl)n2N)cc1. The second-order valence-electron chi connectivity index (χ2n) is 6.56. The predicted octanol–water partition coefficient (Wildman–Crippen LogP) is 4.33. The Bertz CT molecular complexity index is 1040. The lowest BCUT2D eigenvalue weighted by atomic mass is 10.1. The largest absolute Gasteiger partial charge is 0.497 e. The predicted molar refractivity (Wildman–Crippen MR) is 120 cm³/mol. The van der Waals surface area contributed by atoms with Crippen molar-refractivity contribution in [2.45, 2.75) is 30.3 Å². The van der Waals surface area contributed by atoms with Crippen molar-refractivity contribution < 1.29 is 9.53 Å². The van der Waals surface area contributed by atoms with Gasteiger partial charge in [0.05, 0.1) is 18.4 Å². The average molecular weight is 466 g/mol. The second-order valence-corrected chi connectivity index (χ2v) is 8.71. The number of nitrogens with two attached hydrogens (primary N) is 1. The van der Waals surface area contributed by atoms with Crippen molar-refractivity contribution in [3.63, 3.8) is 0 Å². The maximum absolute atomic E-state index is 12.7. The smallest absolute Gasteiger partial charge is 0.233 e. The molecule has 7 nitrogen and oxygen atoms in total. The Hall–Kier alpha value is -2.42. The number of benzene rings is 2. The van der Waals surface area contributed by atoms with Gasteiger partial charge in [0.15, 0.2) is 5.82 Å². The number of methoxy groups -OCH3 is 1. The average Bonchev–Trinajstić information content (AvgIpc) is 3.08. The van der Waals surface area contributed by atoms with Crippen LogP contribution in [0.25, 0.3) is 11.4 Å². The summed E-state index contributed by atoms with van der Waals surface area (Å²) in [6.45, 7) is 3.63. The molecule has 3 rings (SSSR count). The molecule has 0 spiro atoms. The number of rotatable bonds is 7. The first-order chi connectivity index (χ1) is 14.3. The van der Waals surface area contributed by atoms with Crippen LogP contribution in [-0.4, -0.2) is 33.1 Å². The highest BCUT2D eigenvalue weighted by Gasteiger charge is 2.22. The molecule has 0 saturated heterocycles. The summed E-state index contributed by atoms with van der Waals surface area (Å²) in [5.41, 5.74) is 1.58. The van der Waals surface area contributed by atoms with Gasteiger partial charge in [-0.1, -0.05) is 41.0 Å². The van der Waals surface area contributed by atoms with E-state index in [1.54, 1.807) is 32.2 Å². The molecule has 0 fully saturated rings. The van der Waals surface area contributed by atoms with E-state index in [4.69, 9.17) is 33.8 Å². The lowest BCUT2D eigenvalue weighted by molar-refractivity contribution is -0.120. The zero-order valence-corrected chi connectivity index (χ0v) is 18.9. The molecule has 0 radical (unpaired) electrons. The summed E-state index contributed by atoms with van der Waals surface area (Å²) in [7, 11) is 1.60. The molecule has 0 aliphatic rings. The van der Waals surface area contributed by atoms with E-state index in [1.165, 1.54) is 16.4 Å². The van der Waals surface area contributed by atoms with Gasteiger partial charge in [-0.25, -0.2) is 4.68 Å². The lowest BCUT2D eigenvalue weighted by Gasteiger charge is -2.18. The van der Waals surface area contributed by atoms with Gasteiger partial charge >= 0.3 is 0 Å². The fourth-order valence-electron chi connectivity index (χ4n) is 2.77. The summed E-state index contributed by atoms with van der Waals surface area (Å²) in [6, 6.07) is 12.2. The number of amides is 1. The van der Waals surface area contributed by atoms with Crippen LogP contribution in [0.5, 0.6) is 5.75 Å². The van der Waals surface area contributed by atoms with E-state index in [1.807, 2.05) is 31.2 Å². The normalized spacial score (nSPS) is 13.0. The maximum Gasteiger partial charge on any atom is 0.233 e. The summed E-state index contributed by atoms with van der Waals surface area (Å²) in [5, 5.41) is 12.2. The third-order valence-electron chi connectivity index (χ3n) is 4.45. The molecule has 0 unspecified atom stereocenters. The standard InChI is InChI=1S/C20H21Cl2N5O2S/c1-11(16-9-6-14(21)10-17(16)22)24-19(28)12(2)30-20-26-25-18(27(20)23)13-4-7-15(29-3)8-5-13/h4-12H,23H2,1-3H3,(H,24,28)/t11-,12+/m0/s1. The molecule has 0 bridgehead atoms. The van der Waals surface area contributed by atoms with Gasteiger partial charge in [0.1, 0.15) is 5.75 Å². The molecule has 0 saturated carbocycles. The van der Waals surface area contributed by atoms with E-state index in [0.717, 1.165) is 16.9 Å². The van der Waals surface area contributed by atoms with E-state index in [0.29, 0.717) is 21.0 Å². The fraction of sp³-hybridized carbons (Fsp3) is 0.250. The molecule has 0 aliphatic heterocycles. The summed E-state index contributed by atoms with van der Waals surface area (Å²) in [6.07, 6.45) is 0. The highest BCUT2D eigenvalue weighted by molar-refractivity contribution is 8.00. The summed E-state index contributed by atoms with van der Waals surface area (Å²) < 4.78 is 6.53. The second kappa shape index (κ2) is 9.59. The van der Waals surface area contributed by atoms with Gasteiger partial charge in [-0.15, -0.1) is 10.2 Å². The number of carbonyl (C=O) groups is 1. The van der Waals surface area contributed by atoms with Crippen LogP contribution in [0.15, 0.2) is 47.6 Å². The summed E-state index contributed by atoms with van der Waals surface area (Å²) in [5.74, 6) is 7.21. The zero-order chi connectivity index (χ0) is 21.8. The van der Waals surface area contributed by atoms with Crippen LogP contribution in [-0.2, 0) is 4.79 Å². The van der Waals surface area contributed by atoms with Gasteiger partial charge in [0, 0.05) is 15.6 Å². The summed E-state index contributed by atoms with van der Waals surface area (Å²) in [4.78, 5) is 12.7. The zero-order valence-electron chi connectivity index (χ0n) is 16.6. The number of ether oxygens (including phenoxy) is 1. The minimum Gasteiger partial charge on any atom is -0.497 e. The number of carbonyl (C=O) groups excluding carboxylic acids is 1. The Morgan fingerprint density at radius 2 is 1.87 bits per heavy atom. The van der Waals surface area contributed by atoms with E-state index < -0.39 is 5.25 Å². The molecule has 1 heterocycles. The topological polar surface area (TPSA) is 95.1 Å². The first kappa shape index (κ1) is 22.3. The van der Waals surface area contributed by atoms with Gasteiger partial charge in [-0.05, 0) is 55.8 Å². The van der Waals surface area contributed by atoms with Crippen LogP contribution < -0.4 is 15.9 Å². The van der Waals surface area contributed by atoms with Crippen LogP contribution in [0.4, 0.5) is 0 Å². The van der Waals surface area contributed by atoms with Crippen molar-refractivity contribution in [1.29, 1.82) is 0 Å². The highest BCUT2D eigenvalue weighted by Crippen LogP contribution is 2.28. The van der Waals surface area contributed by atoms with E-state index in [-0.39, 0.29) is 11.9 Å². The van der Waals surface area contributed by atoms with E-state index in [2.05, 4.69) is 15.5 Å². The van der Waals surface area contributed by atoms with Crippen molar-refractivity contribution in [3.05, 3.63) is 58.1 Å². The van der Waals surface area contributed by atoms with Crippen LogP contribution in [0, 0.1) is 0 Å². The molecule has 158 valence electrons. The van der Waals surface area contributed by atoms with Crippen molar-refractivity contribution in [1.82, 2.24) is 20.2 Å². The molecule has 2 aromatic carbocycles. The Kier molecular flexibility index (Phi) is 7.12. The number of hydrogen-bond donors (Lipinski definition) is 2. The van der Waals surface area contributed by atoms with Crippen molar-refractivity contribution in [3.8, 4) is 17.1 Å². The Balaban J connectivity index is 1.67. The molecule has 3 aromatic rings. The number of nitrogens with one attached hydrogen (secondary N) is 1. The van der Waals surface area contributed by atoms with Crippen molar-refractivity contribution >= 4 is 40.9 Å². The van der Waals surface area contributed by atoms with E-state index in [9.17, 15) is 4.79 Å². The minimum absolute atomic E-state index is 0.174. The fourth-order valence-corrected chi connectivity index (χ4v) is 4.12. The minimum atomic E-state index is -0.450. The van der Waals surface area contributed by atoms with Crippen LogP contribution in [0.1, 0.15) is 25.5 Å². The lowest BCUT2D eigenvalue weighted by Crippen LogP contribution is -2.33. The third kappa shape index (κ3) is 5.00. The number of halogens is 2. The van der Waals surface area contributed by atoms with Crippen LogP contribution >= 0.6 is 35.0 Å². The van der Waals surface area contributed by atoms with Crippen LogP contribution in [0.3, 0.4) is 0 Å². The van der Waals surface area contributed by atoms with E-state index >= 15 is 0 Å². The number of thioether (sulfide) groups is 1. The van der Waals surface area contributed by atoms with Gasteiger partial charge in [-0.2, -0.15) is 0 Å². The first-order valence-corrected chi connectivity index (χ1v) is 10.7. The molecule has 1 aromatic heterocycles. The van der Waals surface area contributed by atoms with Crippen LogP contribution in [0.2, 0.25) is 10.0 Å². The molecular weight excluding hydrogens is 445 g/mol. The first-order valence-electron chi connectivity index (χ1n) is 9.07. The van der Waals surface area contributed by atoms with Crippen molar-refractivity contribution in [2.24, 2.45) is 0 Å². The number of hydrogen-bond acceptors (Lipinski definition) is 6. The number of nitrogens with zero attached hydrogens (tertiary/aromatic N) is 3. The monoisotopic (exact) mass is 465 g/mol. The molecule has 30 heavy (non-hydrogen) atoms. The van der Waals surface area contributed by atoms with Gasteiger partial charge in [0.25, 0.3) is 0 Å². The van der Waals surface area contributed by atoms with Gasteiger partial charge < -0.3 is 15.9 Å². The molecule has 10 heteroatoms. The quantitative estimate of drug-likeness (QED) is 0.398. The number of nitrogen functional groups attached to an aromatic ring is 1. The highest BCUT2D eigenvalue weighted by atomic mass is 35.5. The molecule has 2 atom stereocenters. The molecular formula is C20H21Cl2N5O2S. The Morgan fingerprint density at radius 3 is 2.50 bits per heavy atom.